The number of fused-ring (bicyclic) bond motifs is 1. The molecule has 2 fully saturated rings. The summed E-state index contributed by atoms with van der Waals surface area (Å²) in [5, 5.41) is 0. The van der Waals surface area contributed by atoms with Gasteiger partial charge in [0.05, 0.1) is 6.54 Å². The summed E-state index contributed by atoms with van der Waals surface area (Å²) in [7, 11) is -3.89. The van der Waals surface area contributed by atoms with Gasteiger partial charge in [-0.25, -0.2) is 13.2 Å². The lowest BCUT2D eigenvalue weighted by molar-refractivity contribution is -0.000758. The van der Waals surface area contributed by atoms with Crippen LogP contribution in [0.1, 0.15) is 27.2 Å². The zero-order chi connectivity index (χ0) is 13.6. The third-order valence-electron chi connectivity index (χ3n) is 2.63. The Kier molecular flexibility index (Phi) is 3.28. The maximum absolute atomic E-state index is 11.8. The van der Waals surface area contributed by atoms with E-state index < -0.39 is 34.3 Å². The van der Waals surface area contributed by atoms with E-state index in [4.69, 9.17) is 13.1 Å². The first-order chi connectivity index (χ1) is 8.16. The molecule has 0 aromatic heterocycles. The summed E-state index contributed by atoms with van der Waals surface area (Å²) in [4.78, 5) is 13.3. The van der Waals surface area contributed by atoms with Crippen LogP contribution in [0.5, 0.6) is 0 Å². The molecule has 0 spiro atoms. The highest BCUT2D eigenvalue weighted by atomic mass is 32.3. The number of carbonyl (C=O) groups excluding carboxylic acids is 1. The lowest BCUT2D eigenvalue weighted by Gasteiger charge is -2.33. The molecule has 18 heavy (non-hydrogen) atoms. The van der Waals surface area contributed by atoms with Gasteiger partial charge in [0.15, 0.2) is 0 Å². The second-order valence-corrected chi connectivity index (χ2v) is 6.59. The van der Waals surface area contributed by atoms with Crippen LogP contribution in [-0.4, -0.2) is 50.3 Å². The van der Waals surface area contributed by atoms with E-state index in [-0.39, 0.29) is 6.54 Å². The van der Waals surface area contributed by atoms with Crippen molar-refractivity contribution in [2.45, 2.75) is 45.0 Å². The molecular weight excluding hydrogens is 262 g/mol. The molecule has 0 aliphatic carbocycles. The first kappa shape index (κ1) is 13.6. The Hall–Kier alpha value is -0.860. The minimum Gasteiger partial charge on any atom is -0.444 e. The molecule has 1 amide bonds. The molecule has 0 N–H and O–H groups in total. The number of piperidine rings is 1. The van der Waals surface area contributed by atoms with Crippen LogP contribution < -0.4 is 0 Å². The summed E-state index contributed by atoms with van der Waals surface area (Å²) in [5.41, 5.74) is -0.576. The lowest BCUT2D eigenvalue weighted by atomic mass is 10.1. The Morgan fingerprint density at radius 1 is 1.28 bits per heavy atom. The van der Waals surface area contributed by atoms with Gasteiger partial charge in [0.2, 0.25) is 0 Å². The molecule has 0 radical (unpaired) electrons. The van der Waals surface area contributed by atoms with E-state index in [1.807, 2.05) is 0 Å². The standard InChI is InChI=1S/C10H17NO6S/c1-10(2,3)15-9(12)11-5-4-7-8(6-11)17-18(13,14)16-7/h7-8H,4-6H2,1-3H3/t7-,8+/m0/s1. The Bertz CT molecular complexity index is 440. The van der Waals surface area contributed by atoms with Crippen molar-refractivity contribution < 1.29 is 26.3 Å². The number of ether oxygens (including phenoxy) is 1. The summed E-state index contributed by atoms with van der Waals surface area (Å²) in [6.45, 7) is 5.89. The Labute approximate surface area is 106 Å². The summed E-state index contributed by atoms with van der Waals surface area (Å²) in [6, 6.07) is 0. The van der Waals surface area contributed by atoms with Gasteiger partial charge in [0.1, 0.15) is 17.8 Å². The Morgan fingerprint density at radius 2 is 1.89 bits per heavy atom. The van der Waals surface area contributed by atoms with Crippen LogP contribution >= 0.6 is 0 Å². The van der Waals surface area contributed by atoms with Crippen LogP contribution in [0.25, 0.3) is 0 Å². The maximum Gasteiger partial charge on any atom is 0.410 e. The molecular formula is C10H17NO6S. The predicted molar refractivity (Wildman–Crippen MR) is 61.1 cm³/mol. The highest BCUT2D eigenvalue weighted by molar-refractivity contribution is 7.82. The van der Waals surface area contributed by atoms with Crippen LogP contribution in [-0.2, 0) is 23.5 Å². The smallest absolute Gasteiger partial charge is 0.410 e. The van der Waals surface area contributed by atoms with E-state index in [0.29, 0.717) is 13.0 Å². The van der Waals surface area contributed by atoms with E-state index in [0.717, 1.165) is 0 Å². The lowest BCUT2D eigenvalue weighted by Crippen LogP contribution is -2.49. The highest BCUT2D eigenvalue weighted by Crippen LogP contribution is 2.28. The molecule has 2 aliphatic heterocycles. The van der Waals surface area contributed by atoms with Gasteiger partial charge in [-0.15, -0.1) is 0 Å². The van der Waals surface area contributed by atoms with E-state index in [1.165, 1.54) is 4.90 Å². The predicted octanol–water partition coefficient (Wildman–Crippen LogP) is 0.656. The minimum absolute atomic E-state index is 0.165. The number of nitrogens with zero attached hydrogens (tertiary/aromatic N) is 1. The summed E-state index contributed by atoms with van der Waals surface area (Å²) in [5.74, 6) is 0. The van der Waals surface area contributed by atoms with Gasteiger partial charge in [-0.3, -0.25) is 0 Å². The number of hydrogen-bond acceptors (Lipinski definition) is 6. The number of amides is 1. The van der Waals surface area contributed by atoms with Crippen LogP contribution in [0.15, 0.2) is 0 Å². The number of carbonyl (C=O) groups is 1. The van der Waals surface area contributed by atoms with Crippen molar-refractivity contribution in [2.75, 3.05) is 13.1 Å². The Balaban J connectivity index is 1.97. The Morgan fingerprint density at radius 3 is 2.50 bits per heavy atom. The second-order valence-electron chi connectivity index (χ2n) is 5.39. The fraction of sp³-hybridized carbons (Fsp3) is 0.900. The number of likely N-dealkylation sites (tertiary alicyclic amines) is 1. The van der Waals surface area contributed by atoms with Gasteiger partial charge < -0.3 is 9.64 Å². The summed E-state index contributed by atoms with van der Waals surface area (Å²) in [6.07, 6.45) is -1.16. The molecule has 0 saturated carbocycles. The quantitative estimate of drug-likeness (QED) is 0.647. The minimum atomic E-state index is -3.89. The molecule has 104 valence electrons. The molecule has 0 unspecified atom stereocenters. The van der Waals surface area contributed by atoms with E-state index in [2.05, 4.69) is 0 Å². The molecule has 0 bridgehead atoms. The summed E-state index contributed by atoms with van der Waals surface area (Å²) >= 11 is 0. The van der Waals surface area contributed by atoms with Gasteiger partial charge >= 0.3 is 16.5 Å². The van der Waals surface area contributed by atoms with Crippen molar-refractivity contribution >= 4 is 16.5 Å². The first-order valence-corrected chi connectivity index (χ1v) is 7.09. The third kappa shape index (κ3) is 3.12. The van der Waals surface area contributed by atoms with Gasteiger partial charge in [-0.1, -0.05) is 0 Å². The van der Waals surface area contributed by atoms with Crippen LogP contribution in [0, 0.1) is 0 Å². The molecule has 0 aromatic rings. The molecule has 0 aromatic carbocycles. The zero-order valence-corrected chi connectivity index (χ0v) is 11.4. The van der Waals surface area contributed by atoms with Crippen molar-refractivity contribution in [1.82, 2.24) is 4.90 Å². The van der Waals surface area contributed by atoms with Crippen molar-refractivity contribution in [3.63, 3.8) is 0 Å². The monoisotopic (exact) mass is 279 g/mol. The van der Waals surface area contributed by atoms with E-state index in [1.54, 1.807) is 20.8 Å². The number of rotatable bonds is 0. The molecule has 2 rings (SSSR count). The molecule has 2 heterocycles. The fourth-order valence-corrected chi connectivity index (χ4v) is 2.97. The van der Waals surface area contributed by atoms with Gasteiger partial charge in [0.25, 0.3) is 0 Å². The molecule has 7 nitrogen and oxygen atoms in total. The van der Waals surface area contributed by atoms with Gasteiger partial charge in [0, 0.05) is 6.54 Å². The molecule has 2 saturated heterocycles. The largest absolute Gasteiger partial charge is 0.444 e. The van der Waals surface area contributed by atoms with Crippen LogP contribution in [0.4, 0.5) is 4.79 Å². The van der Waals surface area contributed by atoms with Crippen molar-refractivity contribution in [1.29, 1.82) is 0 Å². The van der Waals surface area contributed by atoms with Crippen LogP contribution in [0.3, 0.4) is 0 Å². The fourth-order valence-electron chi connectivity index (χ4n) is 1.92. The van der Waals surface area contributed by atoms with E-state index in [9.17, 15) is 13.2 Å². The average Bonchev–Trinajstić information content (AvgIpc) is 2.47. The maximum atomic E-state index is 11.8. The normalized spacial score (nSPS) is 30.9. The SMILES string of the molecule is CC(C)(C)OC(=O)N1CC[C@@H]2OS(=O)(=O)O[C@@H]2C1. The highest BCUT2D eigenvalue weighted by Gasteiger charge is 2.45. The van der Waals surface area contributed by atoms with Crippen molar-refractivity contribution in [3.8, 4) is 0 Å². The van der Waals surface area contributed by atoms with Crippen molar-refractivity contribution in [3.05, 3.63) is 0 Å². The topological polar surface area (TPSA) is 82.1 Å². The van der Waals surface area contributed by atoms with E-state index >= 15 is 0 Å². The second kappa shape index (κ2) is 4.36. The molecule has 8 heteroatoms. The zero-order valence-electron chi connectivity index (χ0n) is 10.6. The van der Waals surface area contributed by atoms with Gasteiger partial charge in [-0.05, 0) is 27.2 Å². The number of hydrogen-bond donors (Lipinski definition) is 0. The molecule has 2 aliphatic rings. The summed E-state index contributed by atoms with van der Waals surface area (Å²) < 4.78 is 37.0. The molecule has 2 atom stereocenters. The average molecular weight is 279 g/mol. The van der Waals surface area contributed by atoms with Crippen molar-refractivity contribution in [2.24, 2.45) is 0 Å². The van der Waals surface area contributed by atoms with Gasteiger partial charge in [-0.2, -0.15) is 8.42 Å². The van der Waals surface area contributed by atoms with Crippen LogP contribution in [0.2, 0.25) is 0 Å². The third-order valence-corrected chi connectivity index (χ3v) is 3.60. The first-order valence-electron chi connectivity index (χ1n) is 5.76.